The largest absolute Gasteiger partial charge is 0.497 e. The summed E-state index contributed by atoms with van der Waals surface area (Å²) in [4.78, 5) is 0. The second kappa shape index (κ2) is 4.69. The van der Waals surface area contributed by atoms with Crippen LogP contribution in [0.4, 0.5) is 0 Å². The van der Waals surface area contributed by atoms with Crippen LogP contribution in [0.25, 0.3) is 0 Å². The summed E-state index contributed by atoms with van der Waals surface area (Å²) in [5, 5.41) is 0. The average molecular weight is 182 g/mol. The third kappa shape index (κ3) is 2.75. The van der Waals surface area contributed by atoms with Crippen LogP contribution < -0.4 is 0 Å². The van der Waals surface area contributed by atoms with Crippen molar-refractivity contribution in [3.05, 3.63) is 11.8 Å². The minimum absolute atomic E-state index is 0.457. The van der Waals surface area contributed by atoms with Crippen LogP contribution >= 0.6 is 0 Å². The molecule has 0 fully saturated rings. The Labute approximate surface area is 82.2 Å². The molecule has 0 spiro atoms. The van der Waals surface area contributed by atoms with Crippen LogP contribution in [-0.2, 0) is 4.74 Å². The van der Waals surface area contributed by atoms with Crippen LogP contribution in [0.15, 0.2) is 11.8 Å². The van der Waals surface area contributed by atoms with E-state index in [1.54, 1.807) is 0 Å². The van der Waals surface area contributed by atoms with Crippen LogP contribution in [-0.4, -0.2) is 6.10 Å². The molecular formula is C12H22O. The van der Waals surface area contributed by atoms with Crippen molar-refractivity contribution in [3.8, 4) is 0 Å². The second-order valence-electron chi connectivity index (χ2n) is 4.54. The second-order valence-corrected chi connectivity index (χ2v) is 4.54. The SMILES string of the molecule is CCCC1OC=C(CC(C)C)C1C. The summed E-state index contributed by atoms with van der Waals surface area (Å²) in [6, 6.07) is 0. The summed E-state index contributed by atoms with van der Waals surface area (Å²) in [6.45, 7) is 9.04. The van der Waals surface area contributed by atoms with Crippen molar-refractivity contribution in [1.29, 1.82) is 0 Å². The molecule has 2 unspecified atom stereocenters. The smallest absolute Gasteiger partial charge is 0.104 e. The van der Waals surface area contributed by atoms with Gasteiger partial charge in [0.25, 0.3) is 0 Å². The van der Waals surface area contributed by atoms with Gasteiger partial charge in [0.2, 0.25) is 0 Å². The highest BCUT2D eigenvalue weighted by Crippen LogP contribution is 2.31. The third-order valence-electron chi connectivity index (χ3n) is 2.75. The molecule has 0 saturated carbocycles. The fourth-order valence-corrected chi connectivity index (χ4v) is 1.95. The summed E-state index contributed by atoms with van der Waals surface area (Å²) < 4.78 is 5.66. The number of ether oxygens (including phenoxy) is 1. The zero-order valence-electron chi connectivity index (χ0n) is 9.34. The first-order valence-corrected chi connectivity index (χ1v) is 5.49. The van der Waals surface area contributed by atoms with Crippen molar-refractivity contribution < 1.29 is 4.74 Å². The molecule has 13 heavy (non-hydrogen) atoms. The molecule has 0 aromatic carbocycles. The Morgan fingerprint density at radius 1 is 1.46 bits per heavy atom. The van der Waals surface area contributed by atoms with Gasteiger partial charge in [-0.3, -0.25) is 0 Å². The Morgan fingerprint density at radius 3 is 2.69 bits per heavy atom. The number of hydrogen-bond donors (Lipinski definition) is 0. The van der Waals surface area contributed by atoms with Crippen LogP contribution in [0, 0.1) is 11.8 Å². The first kappa shape index (κ1) is 10.6. The van der Waals surface area contributed by atoms with Crippen molar-refractivity contribution in [2.24, 2.45) is 11.8 Å². The molecule has 1 heteroatoms. The number of hydrogen-bond acceptors (Lipinski definition) is 1. The van der Waals surface area contributed by atoms with Crippen LogP contribution in [0.2, 0.25) is 0 Å². The molecule has 0 amide bonds. The Morgan fingerprint density at radius 2 is 2.15 bits per heavy atom. The highest BCUT2D eigenvalue weighted by atomic mass is 16.5. The summed E-state index contributed by atoms with van der Waals surface area (Å²) >= 11 is 0. The van der Waals surface area contributed by atoms with Crippen LogP contribution in [0.5, 0.6) is 0 Å². The molecule has 1 rings (SSSR count). The number of rotatable bonds is 4. The van der Waals surface area contributed by atoms with E-state index in [1.807, 2.05) is 6.26 Å². The highest BCUT2D eigenvalue weighted by Gasteiger charge is 2.26. The molecule has 0 aromatic rings. The maximum absolute atomic E-state index is 5.66. The van der Waals surface area contributed by atoms with Gasteiger partial charge in [-0.05, 0) is 24.3 Å². The lowest BCUT2D eigenvalue weighted by molar-refractivity contribution is 0.129. The maximum atomic E-state index is 5.66. The predicted molar refractivity (Wildman–Crippen MR) is 56.5 cm³/mol. The van der Waals surface area contributed by atoms with Crippen molar-refractivity contribution in [1.82, 2.24) is 0 Å². The van der Waals surface area contributed by atoms with E-state index in [1.165, 1.54) is 24.8 Å². The lowest BCUT2D eigenvalue weighted by Crippen LogP contribution is -2.15. The zero-order chi connectivity index (χ0) is 9.84. The minimum Gasteiger partial charge on any atom is -0.497 e. The predicted octanol–water partition coefficient (Wildman–Crippen LogP) is 3.75. The summed E-state index contributed by atoms with van der Waals surface area (Å²) in [5.41, 5.74) is 1.51. The third-order valence-corrected chi connectivity index (χ3v) is 2.75. The van der Waals surface area contributed by atoms with Gasteiger partial charge in [-0.25, -0.2) is 0 Å². The molecule has 1 aliphatic rings. The fourth-order valence-electron chi connectivity index (χ4n) is 1.95. The van der Waals surface area contributed by atoms with Gasteiger partial charge in [0.15, 0.2) is 0 Å². The van der Waals surface area contributed by atoms with E-state index in [-0.39, 0.29) is 0 Å². The lowest BCUT2D eigenvalue weighted by atomic mass is 9.90. The van der Waals surface area contributed by atoms with Crippen molar-refractivity contribution in [3.63, 3.8) is 0 Å². The van der Waals surface area contributed by atoms with Crippen LogP contribution in [0.1, 0.15) is 47.0 Å². The Balaban J connectivity index is 2.42. The van der Waals surface area contributed by atoms with E-state index in [9.17, 15) is 0 Å². The molecule has 0 N–H and O–H groups in total. The van der Waals surface area contributed by atoms with E-state index in [0.717, 1.165) is 5.92 Å². The van der Waals surface area contributed by atoms with Gasteiger partial charge in [0.1, 0.15) is 6.10 Å². The molecule has 1 nitrogen and oxygen atoms in total. The van der Waals surface area contributed by atoms with Crippen molar-refractivity contribution in [2.75, 3.05) is 0 Å². The monoisotopic (exact) mass is 182 g/mol. The molecule has 0 bridgehead atoms. The molecule has 76 valence electrons. The Kier molecular flexibility index (Phi) is 3.83. The van der Waals surface area contributed by atoms with E-state index in [0.29, 0.717) is 12.0 Å². The zero-order valence-corrected chi connectivity index (χ0v) is 9.34. The first-order valence-electron chi connectivity index (χ1n) is 5.49. The molecule has 0 aromatic heterocycles. The maximum Gasteiger partial charge on any atom is 0.104 e. The van der Waals surface area contributed by atoms with E-state index in [4.69, 9.17) is 4.74 Å². The minimum atomic E-state index is 0.457. The lowest BCUT2D eigenvalue weighted by Gasteiger charge is -2.17. The van der Waals surface area contributed by atoms with Gasteiger partial charge in [-0.15, -0.1) is 0 Å². The van der Waals surface area contributed by atoms with E-state index < -0.39 is 0 Å². The molecular weight excluding hydrogens is 160 g/mol. The average Bonchev–Trinajstić information content (AvgIpc) is 2.36. The van der Waals surface area contributed by atoms with Crippen LogP contribution in [0.3, 0.4) is 0 Å². The Hall–Kier alpha value is -0.460. The fraction of sp³-hybridized carbons (Fsp3) is 0.833. The molecule has 0 aliphatic carbocycles. The van der Waals surface area contributed by atoms with E-state index >= 15 is 0 Å². The molecule has 2 atom stereocenters. The molecule has 0 radical (unpaired) electrons. The quantitative estimate of drug-likeness (QED) is 0.643. The van der Waals surface area contributed by atoms with Crippen molar-refractivity contribution >= 4 is 0 Å². The summed E-state index contributed by atoms with van der Waals surface area (Å²) in [6.07, 6.45) is 6.07. The van der Waals surface area contributed by atoms with Gasteiger partial charge < -0.3 is 4.74 Å². The van der Waals surface area contributed by atoms with E-state index in [2.05, 4.69) is 27.7 Å². The van der Waals surface area contributed by atoms with Gasteiger partial charge in [0.05, 0.1) is 6.26 Å². The molecule has 1 aliphatic heterocycles. The summed E-state index contributed by atoms with van der Waals surface area (Å²) in [7, 11) is 0. The molecule has 0 saturated heterocycles. The summed E-state index contributed by atoms with van der Waals surface area (Å²) in [5.74, 6) is 1.39. The normalized spacial score (nSPS) is 27.6. The highest BCUT2D eigenvalue weighted by molar-refractivity contribution is 5.10. The van der Waals surface area contributed by atoms with Gasteiger partial charge >= 0.3 is 0 Å². The standard InChI is InChI=1S/C12H22O/c1-5-6-12-10(4)11(8-13-12)7-9(2)3/h8-10,12H,5-7H2,1-4H3. The van der Waals surface area contributed by atoms with Gasteiger partial charge in [0, 0.05) is 5.92 Å². The van der Waals surface area contributed by atoms with Gasteiger partial charge in [-0.1, -0.05) is 34.1 Å². The van der Waals surface area contributed by atoms with Crippen molar-refractivity contribution in [2.45, 2.75) is 53.1 Å². The molecule has 1 heterocycles. The topological polar surface area (TPSA) is 9.23 Å². The van der Waals surface area contributed by atoms with Gasteiger partial charge in [-0.2, -0.15) is 0 Å². The Bertz CT molecular complexity index is 182. The first-order chi connectivity index (χ1) is 6.15.